The lowest BCUT2D eigenvalue weighted by Gasteiger charge is -1.95. The van der Waals surface area contributed by atoms with Crippen LogP contribution >= 0.6 is 0 Å². The van der Waals surface area contributed by atoms with Gasteiger partial charge in [0.25, 0.3) is 0 Å². The van der Waals surface area contributed by atoms with E-state index in [1.807, 2.05) is 6.07 Å². The van der Waals surface area contributed by atoms with Crippen molar-refractivity contribution in [3.63, 3.8) is 0 Å². The molecule has 0 saturated heterocycles. The fourth-order valence-corrected chi connectivity index (χ4v) is 2.18. The summed E-state index contributed by atoms with van der Waals surface area (Å²) in [5, 5.41) is 0. The first-order valence-corrected chi connectivity index (χ1v) is 5.93. The second-order valence-electron chi connectivity index (χ2n) is 4.34. The second kappa shape index (κ2) is 4.42. The summed E-state index contributed by atoms with van der Waals surface area (Å²) in [6.07, 6.45) is 7.72. The Morgan fingerprint density at radius 1 is 0.765 bits per heavy atom. The second-order valence-corrected chi connectivity index (χ2v) is 4.34. The van der Waals surface area contributed by atoms with E-state index in [-0.39, 0.29) is 0 Å². The molecule has 0 unspecified atom stereocenters. The highest BCUT2D eigenvalue weighted by atomic mass is 14.1. The van der Waals surface area contributed by atoms with Crippen LogP contribution in [0.15, 0.2) is 66.2 Å². The van der Waals surface area contributed by atoms with Crippen molar-refractivity contribution in [2.75, 3.05) is 0 Å². The summed E-state index contributed by atoms with van der Waals surface area (Å²) in [6, 6.07) is 19.0. The molecule has 3 rings (SSSR count). The third kappa shape index (κ3) is 2.21. The van der Waals surface area contributed by atoms with E-state index < -0.39 is 0 Å². The van der Waals surface area contributed by atoms with Gasteiger partial charge in [0.05, 0.1) is 0 Å². The maximum Gasteiger partial charge on any atom is -0.00196 e. The minimum absolute atomic E-state index is 1.06. The zero-order valence-electron chi connectivity index (χ0n) is 9.64. The quantitative estimate of drug-likeness (QED) is 0.703. The highest BCUT2D eigenvalue weighted by molar-refractivity contribution is 5.69. The van der Waals surface area contributed by atoms with Crippen molar-refractivity contribution in [3.8, 4) is 0 Å². The molecule has 0 nitrogen and oxygen atoms in total. The van der Waals surface area contributed by atoms with Crippen molar-refractivity contribution in [1.82, 2.24) is 0 Å². The van der Waals surface area contributed by atoms with Crippen LogP contribution in [-0.2, 0) is 6.42 Å². The largest absolute Gasteiger partial charge is 0.0622 e. The average Bonchev–Trinajstić information content (AvgIpc) is 2.80. The van der Waals surface area contributed by atoms with Gasteiger partial charge in [0.2, 0.25) is 0 Å². The van der Waals surface area contributed by atoms with Gasteiger partial charge in [-0.3, -0.25) is 0 Å². The van der Waals surface area contributed by atoms with Gasteiger partial charge in [-0.15, -0.1) is 0 Å². The molecule has 0 aliphatic heterocycles. The lowest BCUT2D eigenvalue weighted by molar-refractivity contribution is 1.25. The minimum atomic E-state index is 1.06. The van der Waals surface area contributed by atoms with Crippen LogP contribution in [0.5, 0.6) is 0 Å². The molecule has 82 valence electrons. The van der Waals surface area contributed by atoms with Crippen LogP contribution in [0.25, 0.3) is 12.2 Å². The van der Waals surface area contributed by atoms with Gasteiger partial charge in [0.15, 0.2) is 0 Å². The van der Waals surface area contributed by atoms with Gasteiger partial charge in [-0.1, -0.05) is 72.8 Å². The molecule has 0 radical (unpaired) electrons. The van der Waals surface area contributed by atoms with Crippen LogP contribution in [0.3, 0.4) is 0 Å². The molecule has 2 aromatic carbocycles. The highest BCUT2D eigenvalue weighted by Gasteiger charge is 2.08. The van der Waals surface area contributed by atoms with Crippen molar-refractivity contribution in [2.45, 2.75) is 6.42 Å². The lowest BCUT2D eigenvalue weighted by atomic mass is 10.1. The average molecular weight is 218 g/mol. The Hall–Kier alpha value is -2.08. The van der Waals surface area contributed by atoms with Gasteiger partial charge >= 0.3 is 0 Å². The standard InChI is InChI=1S/C17H14/c1-2-6-14(7-3-1)10-11-15-12-16-8-4-5-9-17(16)13-15/h1-12H,13H2. The van der Waals surface area contributed by atoms with E-state index in [0.717, 1.165) is 6.42 Å². The Bertz CT molecular complexity index is 574. The molecule has 0 aromatic heterocycles. The molecule has 2 aromatic rings. The third-order valence-corrected chi connectivity index (χ3v) is 3.08. The molecule has 0 fully saturated rings. The zero-order chi connectivity index (χ0) is 11.5. The predicted molar refractivity (Wildman–Crippen MR) is 73.6 cm³/mol. The smallest absolute Gasteiger partial charge is 0.00196 e. The predicted octanol–water partition coefficient (Wildman–Crippen LogP) is 4.34. The maximum absolute atomic E-state index is 2.27. The van der Waals surface area contributed by atoms with Gasteiger partial charge in [-0.2, -0.15) is 0 Å². The van der Waals surface area contributed by atoms with E-state index in [0.29, 0.717) is 0 Å². The summed E-state index contributed by atoms with van der Waals surface area (Å²) in [5.41, 5.74) is 5.43. The first kappa shape index (κ1) is 10.1. The number of hydrogen-bond acceptors (Lipinski definition) is 0. The van der Waals surface area contributed by atoms with E-state index in [2.05, 4.69) is 66.8 Å². The molecule has 1 aliphatic carbocycles. The summed E-state index contributed by atoms with van der Waals surface area (Å²) in [4.78, 5) is 0. The Morgan fingerprint density at radius 3 is 2.35 bits per heavy atom. The Kier molecular flexibility index (Phi) is 2.63. The molecule has 17 heavy (non-hydrogen) atoms. The Labute approximate surface area is 102 Å². The van der Waals surface area contributed by atoms with E-state index in [1.54, 1.807) is 0 Å². The lowest BCUT2D eigenvalue weighted by Crippen LogP contribution is -1.81. The van der Waals surface area contributed by atoms with E-state index in [4.69, 9.17) is 0 Å². The summed E-state index contributed by atoms with van der Waals surface area (Å²) in [5.74, 6) is 0. The van der Waals surface area contributed by atoms with Gasteiger partial charge in [0, 0.05) is 0 Å². The fraction of sp³-hybridized carbons (Fsp3) is 0.0588. The van der Waals surface area contributed by atoms with Crippen molar-refractivity contribution in [1.29, 1.82) is 0 Å². The van der Waals surface area contributed by atoms with Crippen LogP contribution in [-0.4, -0.2) is 0 Å². The number of fused-ring (bicyclic) bond motifs is 1. The van der Waals surface area contributed by atoms with E-state index >= 15 is 0 Å². The van der Waals surface area contributed by atoms with Crippen molar-refractivity contribution in [2.24, 2.45) is 0 Å². The first-order valence-electron chi connectivity index (χ1n) is 5.93. The molecule has 0 spiro atoms. The van der Waals surface area contributed by atoms with E-state index in [1.165, 1.54) is 22.3 Å². The molecular weight excluding hydrogens is 204 g/mol. The topological polar surface area (TPSA) is 0 Å². The van der Waals surface area contributed by atoms with Crippen molar-refractivity contribution < 1.29 is 0 Å². The summed E-state index contributed by atoms with van der Waals surface area (Å²) >= 11 is 0. The van der Waals surface area contributed by atoms with Crippen LogP contribution in [0.2, 0.25) is 0 Å². The molecule has 0 N–H and O–H groups in total. The molecule has 1 aliphatic rings. The van der Waals surface area contributed by atoms with E-state index in [9.17, 15) is 0 Å². The molecule has 0 heterocycles. The van der Waals surface area contributed by atoms with Gasteiger partial charge in [-0.25, -0.2) is 0 Å². The van der Waals surface area contributed by atoms with Gasteiger partial charge < -0.3 is 0 Å². The number of benzene rings is 2. The molecule has 0 heteroatoms. The van der Waals surface area contributed by atoms with Crippen molar-refractivity contribution >= 4 is 12.2 Å². The Morgan fingerprint density at radius 2 is 1.53 bits per heavy atom. The highest BCUT2D eigenvalue weighted by Crippen LogP contribution is 2.25. The number of allylic oxidation sites excluding steroid dienone is 2. The van der Waals surface area contributed by atoms with Gasteiger partial charge in [-0.05, 0) is 28.7 Å². The third-order valence-electron chi connectivity index (χ3n) is 3.08. The number of hydrogen-bond donors (Lipinski definition) is 0. The molecule has 0 bridgehead atoms. The Balaban J connectivity index is 1.80. The monoisotopic (exact) mass is 218 g/mol. The molecule has 0 saturated carbocycles. The van der Waals surface area contributed by atoms with Crippen LogP contribution in [0.1, 0.15) is 16.7 Å². The first-order chi connectivity index (χ1) is 8.42. The molecule has 0 amide bonds. The zero-order valence-corrected chi connectivity index (χ0v) is 9.64. The molecular formula is C17H14. The number of rotatable bonds is 2. The van der Waals surface area contributed by atoms with Crippen LogP contribution in [0, 0.1) is 0 Å². The SMILES string of the molecule is C(=Cc1ccccc1)C1=Cc2ccccc2C1. The normalized spacial score (nSPS) is 13.8. The fourth-order valence-electron chi connectivity index (χ4n) is 2.18. The maximum atomic E-state index is 2.27. The summed E-state index contributed by atoms with van der Waals surface area (Å²) < 4.78 is 0. The van der Waals surface area contributed by atoms with Crippen LogP contribution < -0.4 is 0 Å². The molecule has 0 atom stereocenters. The van der Waals surface area contributed by atoms with Crippen LogP contribution in [0.4, 0.5) is 0 Å². The van der Waals surface area contributed by atoms with Gasteiger partial charge in [0.1, 0.15) is 0 Å². The minimum Gasteiger partial charge on any atom is -0.0622 e. The summed E-state index contributed by atoms with van der Waals surface area (Å²) in [7, 11) is 0. The van der Waals surface area contributed by atoms with Crippen molar-refractivity contribution in [3.05, 3.63) is 82.9 Å². The summed E-state index contributed by atoms with van der Waals surface area (Å²) in [6.45, 7) is 0.